The third kappa shape index (κ3) is 5.80. The van der Waals surface area contributed by atoms with E-state index >= 15 is 0 Å². The van der Waals surface area contributed by atoms with Crippen molar-refractivity contribution in [3.05, 3.63) is 6.92 Å². The molecule has 0 amide bonds. The summed E-state index contributed by atoms with van der Waals surface area (Å²) in [5, 5.41) is 0. The van der Waals surface area contributed by atoms with Gasteiger partial charge in [-0.1, -0.05) is 27.7 Å². The lowest BCUT2D eigenvalue weighted by Gasteiger charge is -2.15. The van der Waals surface area contributed by atoms with Gasteiger partial charge in [-0.05, 0) is 11.8 Å². The minimum atomic E-state index is 0.145. The quantitative estimate of drug-likeness (QED) is 0.590. The van der Waals surface area contributed by atoms with Gasteiger partial charge in [0.2, 0.25) is 0 Å². The molecule has 1 radical (unpaired) electrons. The smallest absolute Gasteiger partial charge is 0.133 e. The third-order valence-corrected chi connectivity index (χ3v) is 1.18. The lowest BCUT2D eigenvalue weighted by molar-refractivity contribution is -0.120. The summed E-state index contributed by atoms with van der Waals surface area (Å²) in [6.07, 6.45) is 2.05. The van der Waals surface area contributed by atoms with Gasteiger partial charge < -0.3 is 0 Å². The molecule has 0 aliphatic heterocycles. The van der Waals surface area contributed by atoms with Gasteiger partial charge in [0.1, 0.15) is 5.78 Å². The van der Waals surface area contributed by atoms with Gasteiger partial charge in [0.25, 0.3) is 0 Å². The molecule has 0 heterocycles. The predicted molar refractivity (Wildman–Crippen MR) is 43.7 cm³/mol. The zero-order chi connectivity index (χ0) is 8.20. The highest BCUT2D eigenvalue weighted by Crippen LogP contribution is 2.19. The van der Waals surface area contributed by atoms with Crippen molar-refractivity contribution in [3.63, 3.8) is 0 Å². The van der Waals surface area contributed by atoms with E-state index < -0.39 is 0 Å². The zero-order valence-corrected chi connectivity index (χ0v) is 7.24. The molecule has 0 N–H and O–H groups in total. The highest BCUT2D eigenvalue weighted by Gasteiger charge is 2.14. The monoisotopic (exact) mass is 141 g/mol. The molecule has 0 saturated carbocycles. The molecule has 10 heavy (non-hydrogen) atoms. The molecule has 1 nitrogen and oxygen atoms in total. The van der Waals surface area contributed by atoms with E-state index in [4.69, 9.17) is 0 Å². The lowest BCUT2D eigenvalue weighted by atomic mass is 9.89. The second-order valence-corrected chi connectivity index (χ2v) is 3.88. The Hall–Kier alpha value is -0.330. The molecule has 0 fully saturated rings. The highest BCUT2D eigenvalue weighted by molar-refractivity contribution is 5.78. The highest BCUT2D eigenvalue weighted by atomic mass is 16.1. The van der Waals surface area contributed by atoms with Crippen LogP contribution in [0.2, 0.25) is 0 Å². The van der Waals surface area contributed by atoms with Crippen LogP contribution in [0.25, 0.3) is 0 Å². The van der Waals surface area contributed by atoms with E-state index in [9.17, 15) is 4.79 Å². The first kappa shape index (κ1) is 9.67. The van der Waals surface area contributed by atoms with Gasteiger partial charge in [-0.2, -0.15) is 0 Å². The Kier molecular flexibility index (Phi) is 3.62. The minimum absolute atomic E-state index is 0.145. The number of rotatable bonds is 3. The standard InChI is InChI=1S/C9H17O/c1-5-6-8(10)7-9(2,3)4/h1,5-7H2,2-4H3. The van der Waals surface area contributed by atoms with Gasteiger partial charge in [0, 0.05) is 12.8 Å². The number of ketones is 1. The average Bonchev–Trinajstić information content (AvgIpc) is 1.59. The van der Waals surface area contributed by atoms with Gasteiger partial charge in [0.15, 0.2) is 0 Å². The molecule has 0 spiro atoms. The summed E-state index contributed by atoms with van der Waals surface area (Å²) in [4.78, 5) is 11.0. The van der Waals surface area contributed by atoms with Crippen molar-refractivity contribution in [2.24, 2.45) is 5.41 Å². The van der Waals surface area contributed by atoms with Crippen LogP contribution in [0.3, 0.4) is 0 Å². The van der Waals surface area contributed by atoms with Crippen LogP contribution < -0.4 is 0 Å². The maximum atomic E-state index is 11.0. The summed E-state index contributed by atoms with van der Waals surface area (Å²) >= 11 is 0. The van der Waals surface area contributed by atoms with Crippen LogP contribution in [0.1, 0.15) is 40.0 Å². The predicted octanol–water partition coefficient (Wildman–Crippen LogP) is 2.61. The van der Waals surface area contributed by atoms with Crippen molar-refractivity contribution in [2.45, 2.75) is 40.0 Å². The number of hydrogen-bond acceptors (Lipinski definition) is 1. The first-order chi connectivity index (χ1) is 4.45. The van der Waals surface area contributed by atoms with E-state index in [1.165, 1.54) is 0 Å². The van der Waals surface area contributed by atoms with E-state index in [0.29, 0.717) is 18.6 Å². The summed E-state index contributed by atoms with van der Waals surface area (Å²) < 4.78 is 0. The number of carbonyl (C=O) groups excluding carboxylic acids is 1. The van der Waals surface area contributed by atoms with E-state index in [1.807, 2.05) is 0 Å². The van der Waals surface area contributed by atoms with Crippen molar-refractivity contribution in [3.8, 4) is 0 Å². The zero-order valence-electron chi connectivity index (χ0n) is 7.24. The van der Waals surface area contributed by atoms with Crippen LogP contribution in [0.5, 0.6) is 0 Å². The normalized spacial score (nSPS) is 11.6. The molecule has 0 atom stereocenters. The van der Waals surface area contributed by atoms with Gasteiger partial charge in [0.05, 0.1) is 0 Å². The summed E-state index contributed by atoms with van der Waals surface area (Å²) in [6.45, 7) is 9.87. The van der Waals surface area contributed by atoms with Crippen molar-refractivity contribution in [1.82, 2.24) is 0 Å². The maximum Gasteiger partial charge on any atom is 0.133 e. The summed E-state index contributed by atoms with van der Waals surface area (Å²) in [5.41, 5.74) is 0.145. The second kappa shape index (κ2) is 3.75. The average molecular weight is 141 g/mol. The van der Waals surface area contributed by atoms with Crippen molar-refractivity contribution < 1.29 is 4.79 Å². The Morgan fingerprint density at radius 2 is 1.90 bits per heavy atom. The number of carbonyl (C=O) groups is 1. The Morgan fingerprint density at radius 3 is 2.20 bits per heavy atom. The SMILES string of the molecule is [CH2]CCC(=O)CC(C)(C)C. The molecule has 59 valence electrons. The molecule has 0 saturated heterocycles. The molecule has 0 unspecified atom stereocenters. The van der Waals surface area contributed by atoms with Gasteiger partial charge in [-0.3, -0.25) is 4.79 Å². The molecule has 0 bridgehead atoms. The van der Waals surface area contributed by atoms with E-state index in [1.54, 1.807) is 0 Å². The van der Waals surface area contributed by atoms with Gasteiger partial charge >= 0.3 is 0 Å². The van der Waals surface area contributed by atoms with Crippen LogP contribution >= 0.6 is 0 Å². The molecular weight excluding hydrogens is 124 g/mol. The van der Waals surface area contributed by atoms with E-state index in [-0.39, 0.29) is 5.41 Å². The van der Waals surface area contributed by atoms with E-state index in [2.05, 4.69) is 27.7 Å². The van der Waals surface area contributed by atoms with E-state index in [0.717, 1.165) is 6.42 Å². The number of Topliss-reactive ketones (excluding diaryl/α,β-unsaturated/α-hetero) is 1. The van der Waals surface area contributed by atoms with Gasteiger partial charge in [-0.25, -0.2) is 0 Å². The molecule has 0 aromatic carbocycles. The number of hydrogen-bond donors (Lipinski definition) is 0. The Bertz CT molecular complexity index is 108. The fourth-order valence-corrected chi connectivity index (χ4v) is 0.877. The first-order valence-corrected chi connectivity index (χ1v) is 3.76. The third-order valence-electron chi connectivity index (χ3n) is 1.18. The molecule has 0 rings (SSSR count). The molecule has 0 aromatic heterocycles. The summed E-state index contributed by atoms with van der Waals surface area (Å²) in [5.74, 6) is 0.336. The second-order valence-electron chi connectivity index (χ2n) is 3.88. The maximum absolute atomic E-state index is 11.0. The molecule has 0 aliphatic carbocycles. The van der Waals surface area contributed by atoms with Crippen LogP contribution in [-0.2, 0) is 4.79 Å². The molecule has 1 heteroatoms. The van der Waals surface area contributed by atoms with Crippen LogP contribution in [0.4, 0.5) is 0 Å². The minimum Gasteiger partial charge on any atom is -0.300 e. The Labute approximate surface area is 63.8 Å². The fraction of sp³-hybridized carbons (Fsp3) is 0.778. The topological polar surface area (TPSA) is 17.1 Å². The molecule has 0 aromatic rings. The van der Waals surface area contributed by atoms with Crippen molar-refractivity contribution in [1.29, 1.82) is 0 Å². The first-order valence-electron chi connectivity index (χ1n) is 3.76. The van der Waals surface area contributed by atoms with Crippen LogP contribution in [0, 0.1) is 12.3 Å². The largest absolute Gasteiger partial charge is 0.300 e. The lowest BCUT2D eigenvalue weighted by Crippen LogP contribution is -2.12. The molecular formula is C9H17O. The van der Waals surface area contributed by atoms with Crippen molar-refractivity contribution >= 4 is 5.78 Å². The Balaban J connectivity index is 3.58. The summed E-state index contributed by atoms with van der Waals surface area (Å²) in [6, 6.07) is 0. The molecule has 0 aliphatic rings. The van der Waals surface area contributed by atoms with Crippen LogP contribution in [-0.4, -0.2) is 5.78 Å². The fourth-order valence-electron chi connectivity index (χ4n) is 0.877. The van der Waals surface area contributed by atoms with Crippen LogP contribution in [0.15, 0.2) is 0 Å². The summed E-state index contributed by atoms with van der Waals surface area (Å²) in [7, 11) is 0. The Morgan fingerprint density at radius 1 is 1.40 bits per heavy atom. The van der Waals surface area contributed by atoms with Crippen molar-refractivity contribution in [2.75, 3.05) is 0 Å². The van der Waals surface area contributed by atoms with Gasteiger partial charge in [-0.15, -0.1) is 0 Å².